The van der Waals surface area contributed by atoms with Gasteiger partial charge in [0.15, 0.2) is 0 Å². The predicted octanol–water partition coefficient (Wildman–Crippen LogP) is 2.10. The molecule has 1 aliphatic rings. The van der Waals surface area contributed by atoms with E-state index >= 15 is 0 Å². The summed E-state index contributed by atoms with van der Waals surface area (Å²) in [5.74, 6) is 0.143. The second-order valence-electron chi connectivity index (χ2n) is 5.66. The molecule has 0 bridgehead atoms. The van der Waals surface area contributed by atoms with Crippen LogP contribution in [-0.4, -0.2) is 54.8 Å². The van der Waals surface area contributed by atoms with Gasteiger partial charge in [0.25, 0.3) is 5.91 Å². The van der Waals surface area contributed by atoms with E-state index in [1.807, 2.05) is 13.8 Å². The Bertz CT molecular complexity index is 357. The highest BCUT2D eigenvalue weighted by Gasteiger charge is 2.53. The third-order valence-electron chi connectivity index (χ3n) is 4.58. The molecule has 0 spiro atoms. The Morgan fingerprint density at radius 1 is 1.32 bits per heavy atom. The summed E-state index contributed by atoms with van der Waals surface area (Å²) in [6.45, 7) is 13.4. The lowest BCUT2D eigenvalue weighted by Gasteiger charge is -2.51. The first-order chi connectivity index (χ1) is 10.5. The number of nitrogens with zero attached hydrogens (tertiary/aromatic N) is 2. The molecule has 2 unspecified atom stereocenters. The molecular formula is C17H33N3O2. The molecule has 1 aliphatic heterocycles. The van der Waals surface area contributed by atoms with Crippen LogP contribution in [0.4, 0.5) is 0 Å². The Balaban J connectivity index is 0.00000211. The van der Waals surface area contributed by atoms with Gasteiger partial charge in [0.2, 0.25) is 6.41 Å². The van der Waals surface area contributed by atoms with Crippen LogP contribution in [0.5, 0.6) is 0 Å². The lowest BCUT2D eigenvalue weighted by molar-refractivity contribution is -0.146. The predicted molar refractivity (Wildman–Crippen MR) is 91.3 cm³/mol. The molecule has 1 N–H and O–H groups in total. The molecule has 1 saturated heterocycles. The maximum Gasteiger partial charge on any atom is 0.252 e. The fourth-order valence-corrected chi connectivity index (χ4v) is 3.47. The van der Waals surface area contributed by atoms with Crippen molar-refractivity contribution in [2.45, 2.75) is 46.1 Å². The van der Waals surface area contributed by atoms with E-state index in [1.54, 1.807) is 7.05 Å². The molecule has 0 aromatic rings. The summed E-state index contributed by atoms with van der Waals surface area (Å²) in [7, 11) is 3.76. The largest absolute Gasteiger partial charge is 0.344 e. The number of carbonyl (C=O) groups excluding carboxylic acids is 2. The maximum absolute atomic E-state index is 12.9. The van der Waals surface area contributed by atoms with Crippen LogP contribution in [-0.2, 0) is 9.59 Å². The molecule has 5 heteroatoms. The van der Waals surface area contributed by atoms with E-state index in [9.17, 15) is 9.59 Å². The van der Waals surface area contributed by atoms with E-state index in [0.29, 0.717) is 6.41 Å². The highest BCUT2D eigenvalue weighted by Crippen LogP contribution is 2.37. The molecule has 0 saturated carbocycles. The SMILES string of the molecule is C=CN(C)C(=O)C1(NC=O)C(CC)CN(C)CC1CC.CC. The molecule has 1 rings (SSSR count). The van der Waals surface area contributed by atoms with Gasteiger partial charge in [-0.15, -0.1) is 0 Å². The van der Waals surface area contributed by atoms with Gasteiger partial charge in [-0.1, -0.05) is 34.3 Å². The van der Waals surface area contributed by atoms with Crippen molar-refractivity contribution < 1.29 is 9.59 Å². The van der Waals surface area contributed by atoms with Gasteiger partial charge in [0, 0.05) is 32.0 Å². The van der Waals surface area contributed by atoms with Crippen molar-refractivity contribution in [3.05, 3.63) is 12.8 Å². The van der Waals surface area contributed by atoms with Crippen LogP contribution < -0.4 is 5.32 Å². The van der Waals surface area contributed by atoms with E-state index in [0.717, 1.165) is 25.9 Å². The van der Waals surface area contributed by atoms with Gasteiger partial charge < -0.3 is 15.1 Å². The molecule has 0 radical (unpaired) electrons. The summed E-state index contributed by atoms with van der Waals surface area (Å²) in [4.78, 5) is 27.8. The van der Waals surface area contributed by atoms with Crippen LogP contribution in [0.3, 0.4) is 0 Å². The quantitative estimate of drug-likeness (QED) is 0.764. The monoisotopic (exact) mass is 311 g/mol. The molecule has 22 heavy (non-hydrogen) atoms. The number of hydrogen-bond acceptors (Lipinski definition) is 3. The molecule has 2 amide bonds. The highest BCUT2D eigenvalue weighted by atomic mass is 16.2. The number of rotatable bonds is 6. The fraction of sp³-hybridized carbons (Fsp3) is 0.765. The van der Waals surface area contributed by atoms with Gasteiger partial charge >= 0.3 is 0 Å². The lowest BCUT2D eigenvalue weighted by Crippen LogP contribution is -2.70. The highest BCUT2D eigenvalue weighted by molar-refractivity contribution is 5.90. The van der Waals surface area contributed by atoms with Crippen LogP contribution in [0.2, 0.25) is 0 Å². The summed E-state index contributed by atoms with van der Waals surface area (Å²) >= 11 is 0. The summed E-state index contributed by atoms with van der Waals surface area (Å²) in [5, 5.41) is 2.89. The third kappa shape index (κ3) is 3.88. The van der Waals surface area contributed by atoms with Crippen LogP contribution in [0, 0.1) is 11.8 Å². The van der Waals surface area contributed by atoms with E-state index in [1.165, 1.54) is 11.1 Å². The molecule has 0 aliphatic carbocycles. The average molecular weight is 311 g/mol. The maximum atomic E-state index is 12.9. The van der Waals surface area contributed by atoms with Gasteiger partial charge in [-0.2, -0.15) is 0 Å². The van der Waals surface area contributed by atoms with Crippen LogP contribution in [0.1, 0.15) is 40.5 Å². The Morgan fingerprint density at radius 3 is 2.09 bits per heavy atom. The number of likely N-dealkylation sites (tertiary alicyclic amines) is 1. The number of piperidine rings is 1. The minimum absolute atomic E-state index is 0.0635. The Labute approximate surface area is 135 Å². The van der Waals surface area contributed by atoms with E-state index < -0.39 is 5.54 Å². The number of nitrogens with one attached hydrogen (secondary N) is 1. The molecule has 0 aromatic carbocycles. The number of amides is 2. The zero-order valence-corrected chi connectivity index (χ0v) is 15.1. The van der Waals surface area contributed by atoms with E-state index in [2.05, 4.69) is 37.7 Å². The normalized spacial score (nSPS) is 28.1. The summed E-state index contributed by atoms with van der Waals surface area (Å²) < 4.78 is 0. The number of likely N-dealkylation sites (N-methyl/N-ethyl adjacent to an activating group) is 1. The molecule has 5 nitrogen and oxygen atoms in total. The minimum Gasteiger partial charge on any atom is -0.344 e. The van der Waals surface area contributed by atoms with E-state index in [-0.39, 0.29) is 17.7 Å². The van der Waals surface area contributed by atoms with Crippen molar-refractivity contribution in [3.8, 4) is 0 Å². The Morgan fingerprint density at radius 2 is 1.77 bits per heavy atom. The summed E-state index contributed by atoms with van der Waals surface area (Å²) in [5.41, 5.74) is -0.819. The van der Waals surface area contributed by atoms with Crippen molar-refractivity contribution >= 4 is 12.3 Å². The van der Waals surface area contributed by atoms with Gasteiger partial charge in [-0.3, -0.25) is 9.59 Å². The topological polar surface area (TPSA) is 52.7 Å². The number of carbonyl (C=O) groups is 2. The average Bonchev–Trinajstić information content (AvgIpc) is 2.56. The standard InChI is InChI=1S/C15H27N3O2.C2H6/c1-6-12-9-17(4)10-13(7-2)15(12,16-11-19)14(20)18(5)8-3;1-2/h8,11-13H,3,6-7,9-10H2,1-2,4-5H3,(H,16,19);1-2H3. The zero-order chi connectivity index (χ0) is 17.3. The first kappa shape index (κ1) is 20.6. The number of hydrogen-bond donors (Lipinski definition) is 1. The molecular weight excluding hydrogens is 278 g/mol. The Hall–Kier alpha value is -1.36. The van der Waals surface area contributed by atoms with Crippen LogP contribution in [0.15, 0.2) is 12.8 Å². The van der Waals surface area contributed by atoms with Gasteiger partial charge in [-0.25, -0.2) is 0 Å². The van der Waals surface area contributed by atoms with Gasteiger partial charge in [0.1, 0.15) is 5.54 Å². The fourth-order valence-electron chi connectivity index (χ4n) is 3.47. The van der Waals surface area contributed by atoms with Crippen molar-refractivity contribution in [2.75, 3.05) is 27.2 Å². The molecule has 0 aromatic heterocycles. The first-order valence-corrected chi connectivity index (χ1v) is 8.27. The Kier molecular flexibility index (Phi) is 9.02. The molecule has 2 atom stereocenters. The van der Waals surface area contributed by atoms with Crippen LogP contribution >= 0.6 is 0 Å². The zero-order valence-electron chi connectivity index (χ0n) is 15.1. The van der Waals surface area contributed by atoms with E-state index in [4.69, 9.17) is 0 Å². The summed E-state index contributed by atoms with van der Waals surface area (Å²) in [6.07, 6.45) is 3.87. The van der Waals surface area contributed by atoms with Crippen molar-refractivity contribution in [3.63, 3.8) is 0 Å². The van der Waals surface area contributed by atoms with Crippen molar-refractivity contribution in [2.24, 2.45) is 11.8 Å². The second kappa shape index (κ2) is 9.62. The smallest absolute Gasteiger partial charge is 0.252 e. The second-order valence-corrected chi connectivity index (χ2v) is 5.66. The van der Waals surface area contributed by atoms with Gasteiger partial charge in [0.05, 0.1) is 0 Å². The first-order valence-electron chi connectivity index (χ1n) is 8.27. The van der Waals surface area contributed by atoms with Gasteiger partial charge in [-0.05, 0) is 26.1 Å². The summed E-state index contributed by atoms with van der Waals surface area (Å²) in [6, 6.07) is 0. The molecule has 1 fully saturated rings. The van der Waals surface area contributed by atoms with Crippen molar-refractivity contribution in [1.29, 1.82) is 0 Å². The molecule has 1 heterocycles. The third-order valence-corrected chi connectivity index (χ3v) is 4.58. The van der Waals surface area contributed by atoms with Crippen LogP contribution in [0.25, 0.3) is 0 Å². The molecule has 128 valence electrons. The van der Waals surface area contributed by atoms with Crippen molar-refractivity contribution in [1.82, 2.24) is 15.1 Å². The minimum atomic E-state index is -0.819. The lowest BCUT2D eigenvalue weighted by atomic mass is 9.67.